The van der Waals surface area contributed by atoms with E-state index in [1.807, 2.05) is 0 Å². The molecule has 0 radical (unpaired) electrons. The van der Waals surface area contributed by atoms with Gasteiger partial charge in [0.1, 0.15) is 0 Å². The SMILES string of the molecule is Cc1ccccc1CCNCc1ccc(C(C)C)cc1. The third kappa shape index (κ3) is 4.21. The smallest absolute Gasteiger partial charge is 0.0205 e. The molecule has 0 fully saturated rings. The summed E-state index contributed by atoms with van der Waals surface area (Å²) in [5.74, 6) is 0.609. The maximum Gasteiger partial charge on any atom is 0.0205 e. The van der Waals surface area contributed by atoms with Gasteiger partial charge in [-0.1, -0.05) is 62.4 Å². The van der Waals surface area contributed by atoms with Crippen molar-refractivity contribution in [3.8, 4) is 0 Å². The Balaban J connectivity index is 1.77. The molecule has 0 saturated heterocycles. The molecule has 0 spiro atoms. The van der Waals surface area contributed by atoms with Gasteiger partial charge in [0.25, 0.3) is 0 Å². The van der Waals surface area contributed by atoms with Crippen LogP contribution in [-0.2, 0) is 13.0 Å². The zero-order valence-corrected chi connectivity index (χ0v) is 12.8. The fourth-order valence-electron chi connectivity index (χ4n) is 2.37. The predicted octanol–water partition coefficient (Wildman–Crippen LogP) is 4.45. The van der Waals surface area contributed by atoms with Crippen LogP contribution in [-0.4, -0.2) is 6.54 Å². The molecule has 0 aliphatic rings. The lowest BCUT2D eigenvalue weighted by atomic mass is 10.0. The Kier molecular flexibility index (Phi) is 5.37. The van der Waals surface area contributed by atoms with Crippen molar-refractivity contribution in [1.82, 2.24) is 5.32 Å². The Labute approximate surface area is 123 Å². The molecule has 0 aromatic heterocycles. The third-order valence-corrected chi connectivity index (χ3v) is 3.81. The van der Waals surface area contributed by atoms with Crippen LogP contribution in [0.3, 0.4) is 0 Å². The molecule has 0 aliphatic heterocycles. The molecule has 1 heteroatoms. The van der Waals surface area contributed by atoms with Crippen molar-refractivity contribution in [2.45, 2.75) is 39.7 Å². The average molecular weight is 267 g/mol. The molecule has 0 bridgehead atoms. The van der Waals surface area contributed by atoms with Crippen LogP contribution in [0.15, 0.2) is 48.5 Å². The van der Waals surface area contributed by atoms with Crippen LogP contribution >= 0.6 is 0 Å². The summed E-state index contributed by atoms with van der Waals surface area (Å²) in [5.41, 5.74) is 5.60. The molecule has 1 nitrogen and oxygen atoms in total. The van der Waals surface area contributed by atoms with Crippen molar-refractivity contribution in [3.63, 3.8) is 0 Å². The summed E-state index contributed by atoms with van der Waals surface area (Å²) < 4.78 is 0. The molecule has 0 heterocycles. The minimum absolute atomic E-state index is 0.609. The first-order valence-corrected chi connectivity index (χ1v) is 7.51. The van der Waals surface area contributed by atoms with Crippen molar-refractivity contribution in [2.75, 3.05) is 6.54 Å². The average Bonchev–Trinajstić information content (AvgIpc) is 2.46. The van der Waals surface area contributed by atoms with E-state index in [1.165, 1.54) is 22.3 Å². The normalized spacial score (nSPS) is 11.0. The molecule has 106 valence electrons. The highest BCUT2D eigenvalue weighted by Crippen LogP contribution is 2.14. The van der Waals surface area contributed by atoms with Crippen LogP contribution in [0.1, 0.15) is 42.0 Å². The van der Waals surface area contributed by atoms with E-state index in [4.69, 9.17) is 0 Å². The van der Waals surface area contributed by atoms with Crippen molar-refractivity contribution >= 4 is 0 Å². The molecule has 0 atom stereocenters. The van der Waals surface area contributed by atoms with Crippen LogP contribution in [0.5, 0.6) is 0 Å². The second kappa shape index (κ2) is 7.25. The molecule has 2 aromatic rings. The van der Waals surface area contributed by atoms with Crippen molar-refractivity contribution in [3.05, 3.63) is 70.8 Å². The van der Waals surface area contributed by atoms with Crippen LogP contribution in [0.4, 0.5) is 0 Å². The molecule has 0 saturated carbocycles. The van der Waals surface area contributed by atoms with Gasteiger partial charge in [0, 0.05) is 6.54 Å². The topological polar surface area (TPSA) is 12.0 Å². The molecule has 2 aromatic carbocycles. The van der Waals surface area contributed by atoms with E-state index >= 15 is 0 Å². The summed E-state index contributed by atoms with van der Waals surface area (Å²) in [4.78, 5) is 0. The van der Waals surface area contributed by atoms with Gasteiger partial charge in [-0.3, -0.25) is 0 Å². The quantitative estimate of drug-likeness (QED) is 0.762. The van der Waals surface area contributed by atoms with Gasteiger partial charge in [-0.2, -0.15) is 0 Å². The zero-order chi connectivity index (χ0) is 14.4. The second-order valence-electron chi connectivity index (χ2n) is 5.75. The van der Waals surface area contributed by atoms with Gasteiger partial charge >= 0.3 is 0 Å². The van der Waals surface area contributed by atoms with Gasteiger partial charge in [-0.25, -0.2) is 0 Å². The summed E-state index contributed by atoms with van der Waals surface area (Å²) >= 11 is 0. The van der Waals surface area contributed by atoms with Gasteiger partial charge in [0.2, 0.25) is 0 Å². The van der Waals surface area contributed by atoms with E-state index in [2.05, 4.69) is 74.6 Å². The summed E-state index contributed by atoms with van der Waals surface area (Å²) in [6.45, 7) is 8.62. The first-order chi connectivity index (χ1) is 9.66. The zero-order valence-electron chi connectivity index (χ0n) is 12.8. The molecule has 0 amide bonds. The van der Waals surface area contributed by atoms with Crippen LogP contribution in [0.2, 0.25) is 0 Å². The maximum absolute atomic E-state index is 3.53. The molecule has 20 heavy (non-hydrogen) atoms. The van der Waals surface area contributed by atoms with Crippen LogP contribution in [0, 0.1) is 6.92 Å². The minimum Gasteiger partial charge on any atom is -0.312 e. The van der Waals surface area contributed by atoms with E-state index in [9.17, 15) is 0 Å². The van der Waals surface area contributed by atoms with Gasteiger partial charge in [0.05, 0.1) is 0 Å². The first kappa shape index (κ1) is 14.8. The first-order valence-electron chi connectivity index (χ1n) is 7.51. The molecular weight excluding hydrogens is 242 g/mol. The largest absolute Gasteiger partial charge is 0.312 e. The van der Waals surface area contributed by atoms with Crippen molar-refractivity contribution < 1.29 is 0 Å². The highest BCUT2D eigenvalue weighted by molar-refractivity contribution is 5.26. The number of aryl methyl sites for hydroxylation is 1. The highest BCUT2D eigenvalue weighted by atomic mass is 14.8. The molecule has 0 unspecified atom stereocenters. The van der Waals surface area contributed by atoms with Crippen LogP contribution in [0.25, 0.3) is 0 Å². The number of rotatable bonds is 6. The van der Waals surface area contributed by atoms with Gasteiger partial charge in [-0.05, 0) is 48.1 Å². The summed E-state index contributed by atoms with van der Waals surface area (Å²) in [6, 6.07) is 17.6. The molecule has 1 N–H and O–H groups in total. The third-order valence-electron chi connectivity index (χ3n) is 3.81. The fourth-order valence-corrected chi connectivity index (χ4v) is 2.37. The van der Waals surface area contributed by atoms with Crippen molar-refractivity contribution in [1.29, 1.82) is 0 Å². The van der Waals surface area contributed by atoms with Gasteiger partial charge in [0.15, 0.2) is 0 Å². The molecule has 2 rings (SSSR count). The Morgan fingerprint density at radius 2 is 1.65 bits per heavy atom. The lowest BCUT2D eigenvalue weighted by molar-refractivity contribution is 0.685. The van der Waals surface area contributed by atoms with Gasteiger partial charge < -0.3 is 5.32 Å². The van der Waals surface area contributed by atoms with E-state index in [1.54, 1.807) is 0 Å². The number of hydrogen-bond acceptors (Lipinski definition) is 1. The maximum atomic E-state index is 3.53. The van der Waals surface area contributed by atoms with Gasteiger partial charge in [-0.15, -0.1) is 0 Å². The highest BCUT2D eigenvalue weighted by Gasteiger charge is 1.99. The predicted molar refractivity (Wildman–Crippen MR) is 87.1 cm³/mol. The lowest BCUT2D eigenvalue weighted by Gasteiger charge is -2.09. The second-order valence-corrected chi connectivity index (χ2v) is 5.75. The number of nitrogens with one attached hydrogen (secondary N) is 1. The minimum atomic E-state index is 0.609. The van der Waals surface area contributed by atoms with Crippen molar-refractivity contribution in [2.24, 2.45) is 0 Å². The number of benzene rings is 2. The Hall–Kier alpha value is -1.60. The summed E-state index contributed by atoms with van der Waals surface area (Å²) in [7, 11) is 0. The Morgan fingerprint density at radius 1 is 0.950 bits per heavy atom. The summed E-state index contributed by atoms with van der Waals surface area (Å²) in [6.07, 6.45) is 1.09. The Bertz CT molecular complexity index is 526. The summed E-state index contributed by atoms with van der Waals surface area (Å²) in [5, 5.41) is 3.53. The number of hydrogen-bond donors (Lipinski definition) is 1. The fraction of sp³-hybridized carbons (Fsp3) is 0.368. The molecular formula is C19H25N. The lowest BCUT2D eigenvalue weighted by Crippen LogP contribution is -2.17. The van der Waals surface area contributed by atoms with E-state index in [0.717, 1.165) is 19.5 Å². The van der Waals surface area contributed by atoms with E-state index in [0.29, 0.717) is 5.92 Å². The van der Waals surface area contributed by atoms with Crippen LogP contribution < -0.4 is 5.32 Å². The van der Waals surface area contributed by atoms with E-state index < -0.39 is 0 Å². The van der Waals surface area contributed by atoms with E-state index in [-0.39, 0.29) is 0 Å². The Morgan fingerprint density at radius 3 is 2.30 bits per heavy atom. The standard InChI is InChI=1S/C19H25N/c1-15(2)18-10-8-17(9-11-18)14-20-13-12-19-7-5-4-6-16(19)3/h4-11,15,20H,12-14H2,1-3H3. The molecule has 0 aliphatic carbocycles. The monoisotopic (exact) mass is 267 g/mol.